The number of nitrogens with zero attached hydrogens (tertiary/aromatic N) is 1. The highest BCUT2D eigenvalue weighted by atomic mass is 16.4. The molecule has 0 aliphatic rings. The van der Waals surface area contributed by atoms with Gasteiger partial charge in [0.25, 0.3) is 0 Å². The zero-order valence-electron chi connectivity index (χ0n) is 8.85. The number of H-pyrrole nitrogens is 2. The van der Waals surface area contributed by atoms with Gasteiger partial charge in [0, 0.05) is 12.7 Å². The number of anilines is 1. The minimum atomic E-state index is -1.53. The lowest BCUT2D eigenvalue weighted by Crippen LogP contribution is -2.32. The summed E-state index contributed by atoms with van der Waals surface area (Å²) in [5.41, 5.74) is 1.14. The third-order valence-electron chi connectivity index (χ3n) is 2.37. The highest BCUT2D eigenvalue weighted by molar-refractivity contribution is 6.37. The molecule has 0 unspecified atom stereocenters. The normalized spacial score (nSPS) is 10.4. The van der Waals surface area contributed by atoms with E-state index in [4.69, 9.17) is 5.11 Å². The van der Waals surface area contributed by atoms with Gasteiger partial charge < -0.3 is 20.0 Å². The molecule has 0 spiro atoms. The van der Waals surface area contributed by atoms with Gasteiger partial charge in [-0.2, -0.15) is 0 Å². The molecule has 7 nitrogen and oxygen atoms in total. The van der Waals surface area contributed by atoms with Crippen LogP contribution in [0.2, 0.25) is 0 Å². The number of benzene rings is 1. The number of carbonyl (C=O) groups excluding carboxylic acids is 1. The van der Waals surface area contributed by atoms with Crippen LogP contribution in [0.15, 0.2) is 23.0 Å². The number of aliphatic carboxylic acids is 1. The number of aromatic amines is 2. The van der Waals surface area contributed by atoms with Gasteiger partial charge in [0.2, 0.25) is 0 Å². The van der Waals surface area contributed by atoms with Gasteiger partial charge in [-0.1, -0.05) is 0 Å². The lowest BCUT2D eigenvalue weighted by Gasteiger charge is -2.14. The molecule has 0 atom stereocenters. The fraction of sp³-hybridized carbons (Fsp3) is 0.100. The second-order valence-corrected chi connectivity index (χ2v) is 3.48. The molecule has 0 bridgehead atoms. The Balaban J connectivity index is 2.45. The molecule has 0 saturated carbocycles. The fourth-order valence-corrected chi connectivity index (χ4v) is 1.49. The number of carboxylic acids is 1. The molecular formula is C10H9N3O4. The van der Waals surface area contributed by atoms with Crippen molar-refractivity contribution in [2.75, 3.05) is 11.9 Å². The minimum Gasteiger partial charge on any atom is -0.474 e. The van der Waals surface area contributed by atoms with Crippen LogP contribution in [-0.4, -0.2) is 34.0 Å². The number of imidazole rings is 1. The summed E-state index contributed by atoms with van der Waals surface area (Å²) in [5.74, 6) is -2.57. The Kier molecular flexibility index (Phi) is 2.43. The Morgan fingerprint density at radius 2 is 1.88 bits per heavy atom. The fourth-order valence-electron chi connectivity index (χ4n) is 1.49. The maximum absolute atomic E-state index is 11.2. The number of likely N-dealkylation sites (N-methyl/N-ethyl adjacent to an activating group) is 1. The molecule has 1 amide bonds. The van der Waals surface area contributed by atoms with Gasteiger partial charge in [-0.15, -0.1) is 0 Å². The molecule has 1 aromatic carbocycles. The summed E-state index contributed by atoms with van der Waals surface area (Å²) in [4.78, 5) is 38.8. The van der Waals surface area contributed by atoms with Gasteiger partial charge in [0.1, 0.15) is 0 Å². The van der Waals surface area contributed by atoms with Crippen molar-refractivity contribution in [1.29, 1.82) is 0 Å². The average Bonchev–Trinajstić information content (AvgIpc) is 2.65. The van der Waals surface area contributed by atoms with E-state index in [0.717, 1.165) is 4.90 Å². The van der Waals surface area contributed by atoms with E-state index in [0.29, 0.717) is 16.7 Å². The highest BCUT2D eigenvalue weighted by Gasteiger charge is 2.18. The summed E-state index contributed by atoms with van der Waals surface area (Å²) in [7, 11) is 1.35. The van der Waals surface area contributed by atoms with Crippen LogP contribution in [0.1, 0.15) is 0 Å². The van der Waals surface area contributed by atoms with Crippen molar-refractivity contribution in [3.63, 3.8) is 0 Å². The van der Waals surface area contributed by atoms with Gasteiger partial charge in [-0.3, -0.25) is 4.79 Å². The van der Waals surface area contributed by atoms with Gasteiger partial charge >= 0.3 is 17.6 Å². The summed E-state index contributed by atoms with van der Waals surface area (Å²) < 4.78 is 0. The number of carboxylic acid groups (broad SMARTS) is 1. The van der Waals surface area contributed by atoms with Crippen molar-refractivity contribution >= 4 is 28.6 Å². The Bertz CT molecular complexity index is 655. The molecule has 2 aromatic rings. The van der Waals surface area contributed by atoms with E-state index in [1.165, 1.54) is 13.1 Å². The van der Waals surface area contributed by atoms with E-state index in [-0.39, 0.29) is 5.69 Å². The summed E-state index contributed by atoms with van der Waals surface area (Å²) in [6.07, 6.45) is 0. The van der Waals surface area contributed by atoms with Crippen molar-refractivity contribution in [3.05, 3.63) is 28.7 Å². The predicted octanol–water partition coefficient (Wildman–Crippen LogP) is -0.0964. The Morgan fingerprint density at radius 1 is 1.24 bits per heavy atom. The van der Waals surface area contributed by atoms with E-state index >= 15 is 0 Å². The summed E-state index contributed by atoms with van der Waals surface area (Å²) in [6, 6.07) is 4.66. The van der Waals surface area contributed by atoms with Crippen LogP contribution in [0.25, 0.3) is 11.0 Å². The van der Waals surface area contributed by atoms with E-state index in [1.54, 1.807) is 12.1 Å². The quantitative estimate of drug-likeness (QED) is 0.600. The topological polar surface area (TPSA) is 106 Å². The van der Waals surface area contributed by atoms with E-state index in [2.05, 4.69) is 9.97 Å². The van der Waals surface area contributed by atoms with Crippen LogP contribution < -0.4 is 10.6 Å². The number of nitrogens with one attached hydrogen (secondary N) is 2. The molecule has 0 fully saturated rings. The van der Waals surface area contributed by atoms with E-state index in [1.807, 2.05) is 0 Å². The smallest absolute Gasteiger partial charge is 0.394 e. The minimum absolute atomic E-state index is 0.357. The molecule has 0 saturated heterocycles. The molecule has 88 valence electrons. The predicted molar refractivity (Wildman–Crippen MR) is 60.0 cm³/mol. The molecule has 0 aliphatic heterocycles. The second kappa shape index (κ2) is 3.78. The van der Waals surface area contributed by atoms with Gasteiger partial charge in [0.05, 0.1) is 11.0 Å². The maximum Gasteiger partial charge on any atom is 0.394 e. The van der Waals surface area contributed by atoms with Crippen LogP contribution in [0, 0.1) is 0 Å². The molecule has 1 heterocycles. The molecule has 17 heavy (non-hydrogen) atoms. The van der Waals surface area contributed by atoms with Crippen LogP contribution in [-0.2, 0) is 9.59 Å². The van der Waals surface area contributed by atoms with E-state index in [9.17, 15) is 14.4 Å². The summed E-state index contributed by atoms with van der Waals surface area (Å²) in [6.45, 7) is 0. The molecular weight excluding hydrogens is 226 g/mol. The standard InChI is InChI=1S/C10H9N3O4/c1-13(8(14)9(15)16)5-2-3-6-7(4-5)12-10(17)11-6/h2-4H,1H3,(H,15,16)(H2,11,12,17). The number of aromatic nitrogens is 2. The first-order valence-corrected chi connectivity index (χ1v) is 4.72. The van der Waals surface area contributed by atoms with Crippen LogP contribution in [0.4, 0.5) is 5.69 Å². The van der Waals surface area contributed by atoms with Crippen LogP contribution >= 0.6 is 0 Å². The SMILES string of the molecule is CN(C(=O)C(=O)O)c1ccc2[nH]c(=O)[nH]c2c1. The van der Waals surface area contributed by atoms with E-state index < -0.39 is 11.9 Å². The largest absolute Gasteiger partial charge is 0.474 e. The average molecular weight is 235 g/mol. The summed E-state index contributed by atoms with van der Waals surface area (Å²) in [5, 5.41) is 8.58. The molecule has 0 aliphatic carbocycles. The molecule has 2 rings (SSSR count). The zero-order chi connectivity index (χ0) is 12.6. The molecule has 0 radical (unpaired) electrons. The molecule has 7 heteroatoms. The lowest BCUT2D eigenvalue weighted by molar-refractivity contribution is -0.148. The first kappa shape index (κ1) is 10.9. The maximum atomic E-state index is 11.2. The first-order valence-electron chi connectivity index (χ1n) is 4.72. The second-order valence-electron chi connectivity index (χ2n) is 3.48. The number of hydrogen-bond donors (Lipinski definition) is 3. The van der Waals surface area contributed by atoms with Gasteiger partial charge in [-0.25, -0.2) is 9.59 Å². The Hall–Kier alpha value is -2.57. The van der Waals surface area contributed by atoms with Crippen molar-refractivity contribution in [2.45, 2.75) is 0 Å². The highest BCUT2D eigenvalue weighted by Crippen LogP contribution is 2.17. The number of carbonyl (C=O) groups is 2. The third kappa shape index (κ3) is 1.89. The first-order chi connectivity index (χ1) is 7.99. The zero-order valence-corrected chi connectivity index (χ0v) is 8.85. The molecule has 3 N–H and O–H groups in total. The van der Waals surface area contributed by atoms with Crippen LogP contribution in [0.3, 0.4) is 0 Å². The lowest BCUT2D eigenvalue weighted by atomic mass is 10.2. The van der Waals surface area contributed by atoms with Gasteiger partial charge in [-0.05, 0) is 18.2 Å². The van der Waals surface area contributed by atoms with Crippen molar-refractivity contribution in [2.24, 2.45) is 0 Å². The monoisotopic (exact) mass is 235 g/mol. The Morgan fingerprint density at radius 3 is 2.53 bits per heavy atom. The Labute approximate surface area is 94.7 Å². The number of rotatable bonds is 1. The third-order valence-corrected chi connectivity index (χ3v) is 2.37. The van der Waals surface area contributed by atoms with Crippen molar-refractivity contribution < 1.29 is 14.7 Å². The van der Waals surface area contributed by atoms with Crippen molar-refractivity contribution in [3.8, 4) is 0 Å². The van der Waals surface area contributed by atoms with Crippen molar-refractivity contribution in [1.82, 2.24) is 9.97 Å². The number of fused-ring (bicyclic) bond motifs is 1. The number of hydrogen-bond acceptors (Lipinski definition) is 3. The summed E-state index contributed by atoms with van der Waals surface area (Å²) >= 11 is 0. The molecule has 1 aromatic heterocycles. The van der Waals surface area contributed by atoms with Crippen LogP contribution in [0.5, 0.6) is 0 Å². The van der Waals surface area contributed by atoms with Gasteiger partial charge in [0.15, 0.2) is 0 Å². The number of amides is 1.